The summed E-state index contributed by atoms with van der Waals surface area (Å²) < 4.78 is 31.7. The maximum atomic E-state index is 12.9. The first-order valence-corrected chi connectivity index (χ1v) is 17.4. The van der Waals surface area contributed by atoms with Crippen LogP contribution in [0.1, 0.15) is 55.1 Å². The zero-order valence-corrected chi connectivity index (χ0v) is 28.0. The van der Waals surface area contributed by atoms with Gasteiger partial charge in [-0.25, -0.2) is 13.4 Å². The third-order valence-electron chi connectivity index (χ3n) is 7.62. The van der Waals surface area contributed by atoms with Gasteiger partial charge >= 0.3 is 0 Å². The highest BCUT2D eigenvalue weighted by atomic mass is 35.5. The minimum Gasteiger partial charge on any atom is -0.374 e. The van der Waals surface area contributed by atoms with E-state index in [1.807, 2.05) is 26.8 Å². The third kappa shape index (κ3) is 9.60. The first-order valence-electron chi connectivity index (χ1n) is 15.3. The van der Waals surface area contributed by atoms with Crippen LogP contribution in [0.3, 0.4) is 0 Å². The van der Waals surface area contributed by atoms with Gasteiger partial charge < -0.3 is 30.9 Å². The van der Waals surface area contributed by atoms with Crippen LogP contribution in [0, 0.1) is 0 Å². The second-order valence-electron chi connectivity index (χ2n) is 11.6. The number of para-hydroxylation sites is 1. The van der Waals surface area contributed by atoms with Crippen molar-refractivity contribution in [3.63, 3.8) is 0 Å². The molecular weight excluding hydrogens is 614 g/mol. The Balaban J connectivity index is 1.60. The Hall–Kier alpha value is -3.29. The number of nitrogens with zero attached hydrogens (tertiary/aromatic N) is 4. The number of primary amides is 1. The van der Waals surface area contributed by atoms with Crippen LogP contribution in [0.2, 0.25) is 5.02 Å². The van der Waals surface area contributed by atoms with Gasteiger partial charge in [-0.05, 0) is 70.5 Å². The molecule has 0 saturated carbocycles. The summed E-state index contributed by atoms with van der Waals surface area (Å²) in [5.74, 6) is -0.0809. The molecule has 1 aliphatic rings. The Morgan fingerprint density at radius 3 is 2.51 bits per heavy atom. The lowest BCUT2D eigenvalue weighted by molar-refractivity contribution is 0.0660. The summed E-state index contributed by atoms with van der Waals surface area (Å²) in [4.78, 5) is 26.4. The predicted octanol–water partition coefficient (Wildman–Crippen LogP) is 5.00. The van der Waals surface area contributed by atoms with Gasteiger partial charge in [-0.15, -0.1) is 0 Å². The summed E-state index contributed by atoms with van der Waals surface area (Å²) in [5, 5.41) is 6.49. The first-order chi connectivity index (χ1) is 21.5. The third-order valence-corrected chi connectivity index (χ3v) is 9.87. The molecule has 3 aromatic rings. The number of nitrogens with one attached hydrogen (secondary N) is 2. The van der Waals surface area contributed by atoms with Crippen molar-refractivity contribution < 1.29 is 17.9 Å². The van der Waals surface area contributed by atoms with E-state index in [1.165, 1.54) is 6.20 Å². The minimum atomic E-state index is -3.51. The molecule has 0 spiro atoms. The fourth-order valence-electron chi connectivity index (χ4n) is 5.17. The Labute approximate surface area is 271 Å². The molecule has 0 atom stereocenters. The lowest BCUT2D eigenvalue weighted by Gasteiger charge is -2.32. The quantitative estimate of drug-likeness (QED) is 0.204. The zero-order chi connectivity index (χ0) is 32.6. The van der Waals surface area contributed by atoms with Crippen LogP contribution in [-0.4, -0.2) is 85.7 Å². The number of aromatic nitrogens is 2. The highest BCUT2D eigenvalue weighted by Gasteiger charge is 2.20. The largest absolute Gasteiger partial charge is 0.374 e. The number of amides is 1. The predicted molar refractivity (Wildman–Crippen MR) is 180 cm³/mol. The lowest BCUT2D eigenvalue weighted by atomic mass is 9.97. The number of hydrogen-bond donors (Lipinski definition) is 3. The normalized spacial score (nSPS) is 14.5. The van der Waals surface area contributed by atoms with E-state index in [2.05, 4.69) is 37.4 Å². The van der Waals surface area contributed by atoms with Crippen LogP contribution >= 0.6 is 11.6 Å². The monoisotopic (exact) mass is 657 g/mol. The van der Waals surface area contributed by atoms with Crippen molar-refractivity contribution in [3.8, 4) is 0 Å². The number of sulfone groups is 1. The molecule has 2 aromatic carbocycles. The van der Waals surface area contributed by atoms with Gasteiger partial charge in [-0.3, -0.25) is 4.79 Å². The second-order valence-corrected chi connectivity index (χ2v) is 14.1. The number of likely N-dealkylation sites (N-methyl/N-ethyl adjacent to an activating group) is 1. The van der Waals surface area contributed by atoms with Crippen LogP contribution in [0.5, 0.6) is 0 Å². The van der Waals surface area contributed by atoms with Crippen molar-refractivity contribution in [2.75, 3.05) is 56.2 Å². The fourth-order valence-corrected chi connectivity index (χ4v) is 6.81. The van der Waals surface area contributed by atoms with Crippen molar-refractivity contribution in [2.24, 2.45) is 5.73 Å². The number of halogens is 1. The molecule has 2 heterocycles. The van der Waals surface area contributed by atoms with Crippen molar-refractivity contribution in [1.82, 2.24) is 19.8 Å². The number of aryl methyl sites for hydroxylation is 1. The van der Waals surface area contributed by atoms with E-state index < -0.39 is 15.7 Å². The minimum absolute atomic E-state index is 0.0130. The smallest absolute Gasteiger partial charge is 0.249 e. The molecule has 0 radical (unpaired) electrons. The van der Waals surface area contributed by atoms with Gasteiger partial charge in [-0.2, -0.15) is 4.98 Å². The number of benzene rings is 2. The Morgan fingerprint density at radius 1 is 1.09 bits per heavy atom. The number of ether oxygens (including phenoxy) is 1. The SMILES string of the molecule is CCCS(=O)(=O)c1ccccc1Nc1nc(Nc2cc(C(N)=O)c(CCCN3CCN(C)CC3)cc2COC(C)C)ncc1Cl. The Morgan fingerprint density at radius 2 is 1.82 bits per heavy atom. The van der Waals surface area contributed by atoms with Gasteiger partial charge in [0.05, 0.1) is 35.2 Å². The number of hydrogen-bond acceptors (Lipinski definition) is 10. The molecule has 1 amide bonds. The summed E-state index contributed by atoms with van der Waals surface area (Å²) in [6.07, 6.45) is 3.50. The van der Waals surface area contributed by atoms with Gasteiger partial charge in [0.1, 0.15) is 5.02 Å². The number of carbonyl (C=O) groups is 1. The standard InChI is InChI=1S/C32H44ClN7O4S/c1-5-17-45(42,43)29-11-7-6-10-27(29)36-31-26(33)20-35-32(38-31)37-28-19-25(30(34)41)23(18-24(28)21-44-22(2)3)9-8-12-40-15-13-39(4)14-16-40/h6-7,10-11,18-20,22H,5,8-9,12-17,21H2,1-4H3,(H2,34,41)(H2,35,36,37,38). The maximum absolute atomic E-state index is 12.9. The van der Waals surface area contributed by atoms with Gasteiger partial charge in [0.2, 0.25) is 11.9 Å². The number of anilines is 4. The van der Waals surface area contributed by atoms with E-state index in [0.29, 0.717) is 36.4 Å². The van der Waals surface area contributed by atoms with Gasteiger partial charge in [0, 0.05) is 43.0 Å². The van der Waals surface area contributed by atoms with E-state index in [4.69, 9.17) is 22.1 Å². The summed E-state index contributed by atoms with van der Waals surface area (Å²) in [6, 6.07) is 10.3. The highest BCUT2D eigenvalue weighted by Crippen LogP contribution is 2.31. The van der Waals surface area contributed by atoms with Crippen LogP contribution in [0.15, 0.2) is 47.5 Å². The zero-order valence-electron chi connectivity index (χ0n) is 26.5. The summed E-state index contributed by atoms with van der Waals surface area (Å²) >= 11 is 6.44. The van der Waals surface area contributed by atoms with E-state index >= 15 is 0 Å². The van der Waals surface area contributed by atoms with Gasteiger partial charge in [-0.1, -0.05) is 36.7 Å². The van der Waals surface area contributed by atoms with E-state index in [9.17, 15) is 13.2 Å². The molecule has 1 aromatic heterocycles. The van der Waals surface area contributed by atoms with Crippen LogP contribution < -0.4 is 16.4 Å². The molecule has 4 rings (SSSR count). The fraction of sp³-hybridized carbons (Fsp3) is 0.469. The van der Waals surface area contributed by atoms with Crippen molar-refractivity contribution >= 4 is 50.5 Å². The molecule has 0 aliphatic carbocycles. The summed E-state index contributed by atoms with van der Waals surface area (Å²) in [6.45, 7) is 11.2. The average Bonchev–Trinajstić information content (AvgIpc) is 2.99. The van der Waals surface area contributed by atoms with E-state index in [1.54, 1.807) is 30.3 Å². The summed E-state index contributed by atoms with van der Waals surface area (Å²) in [5.41, 5.74) is 8.91. The van der Waals surface area contributed by atoms with Gasteiger partial charge in [0.25, 0.3) is 0 Å². The molecule has 4 N–H and O–H groups in total. The molecule has 45 heavy (non-hydrogen) atoms. The molecule has 13 heteroatoms. The van der Waals surface area contributed by atoms with Crippen LogP contribution in [0.4, 0.5) is 23.1 Å². The second kappa shape index (κ2) is 15.8. The molecular formula is C32H44ClN7O4S. The topological polar surface area (TPSA) is 143 Å². The molecule has 1 aliphatic heterocycles. The number of carbonyl (C=O) groups excluding carboxylic acids is 1. The molecule has 11 nitrogen and oxygen atoms in total. The maximum Gasteiger partial charge on any atom is 0.249 e. The molecule has 0 unspecified atom stereocenters. The number of nitrogens with two attached hydrogens (primary N) is 1. The molecule has 1 fully saturated rings. The van der Waals surface area contributed by atoms with Crippen molar-refractivity contribution in [3.05, 3.63) is 64.3 Å². The summed E-state index contributed by atoms with van der Waals surface area (Å²) in [7, 11) is -1.37. The lowest BCUT2D eigenvalue weighted by Crippen LogP contribution is -2.44. The van der Waals surface area contributed by atoms with Crippen LogP contribution in [0.25, 0.3) is 0 Å². The van der Waals surface area contributed by atoms with Crippen LogP contribution in [-0.2, 0) is 27.6 Å². The molecule has 244 valence electrons. The van der Waals surface area contributed by atoms with Crippen molar-refractivity contribution in [2.45, 2.75) is 57.6 Å². The van der Waals surface area contributed by atoms with E-state index in [-0.39, 0.29) is 33.5 Å². The number of rotatable bonds is 15. The Bertz CT molecular complexity index is 1580. The highest BCUT2D eigenvalue weighted by molar-refractivity contribution is 7.91. The Kier molecular flexibility index (Phi) is 12.2. The van der Waals surface area contributed by atoms with E-state index in [0.717, 1.165) is 50.3 Å². The number of piperazine rings is 1. The molecule has 0 bridgehead atoms. The average molecular weight is 658 g/mol. The van der Waals surface area contributed by atoms with Gasteiger partial charge in [0.15, 0.2) is 15.7 Å². The first kappa shape index (κ1) is 34.6. The molecule has 1 saturated heterocycles. The van der Waals surface area contributed by atoms with Crippen molar-refractivity contribution in [1.29, 1.82) is 0 Å².